The molecule has 0 spiro atoms. The number of alkyl carbamates (subject to hydrolysis) is 1. The first-order valence-electron chi connectivity index (χ1n) is 10.1. The van der Waals surface area contributed by atoms with Gasteiger partial charge in [0.05, 0.1) is 25.7 Å². The lowest BCUT2D eigenvalue weighted by molar-refractivity contribution is 0.0549. The number of rotatable bonds is 14. The Balaban J connectivity index is 5.24. The van der Waals surface area contributed by atoms with Crippen molar-refractivity contribution in [1.82, 2.24) is 5.32 Å². The Morgan fingerprint density at radius 3 is 1.62 bits per heavy atom. The minimum atomic E-state index is -3.01. The molecular weight excluding hydrogens is 369 g/mol. The molecule has 0 aliphatic heterocycles. The standard InChI is InChI=1S/C18H40NO5PSi/c1-9-17(26(21-10-2,22-11-3)23-12-4)19-18(20)24-16(8)25(13-5,14-6)15-7/h16-17H,9-15H2,1-8H3/p+1. The molecule has 0 radical (unpaired) electrons. The zero-order valence-electron chi connectivity index (χ0n) is 18.1. The van der Waals surface area contributed by atoms with E-state index in [9.17, 15) is 4.79 Å². The number of nitrogens with one attached hydrogen (secondary N) is 1. The summed E-state index contributed by atoms with van der Waals surface area (Å²) in [6.45, 7) is 17.8. The first-order valence-corrected chi connectivity index (χ1v) is 14.3. The van der Waals surface area contributed by atoms with Crippen LogP contribution in [-0.2, 0) is 18.0 Å². The number of amides is 1. The molecule has 156 valence electrons. The fourth-order valence-electron chi connectivity index (χ4n) is 3.36. The maximum absolute atomic E-state index is 12.6. The third-order valence-electron chi connectivity index (χ3n) is 5.10. The van der Waals surface area contributed by atoms with Crippen LogP contribution in [-0.4, -0.2) is 64.7 Å². The highest BCUT2D eigenvalue weighted by Crippen LogP contribution is 2.62. The van der Waals surface area contributed by atoms with Gasteiger partial charge in [0.1, 0.15) is 5.67 Å². The molecule has 6 nitrogen and oxygen atoms in total. The molecule has 0 heterocycles. The molecule has 2 atom stereocenters. The number of carbonyl (C=O) groups is 1. The molecule has 0 saturated heterocycles. The number of carbonyl (C=O) groups excluding carboxylic acids is 1. The molecule has 0 rings (SSSR count). The average molecular weight is 411 g/mol. The van der Waals surface area contributed by atoms with E-state index in [4.69, 9.17) is 18.0 Å². The molecule has 1 N–H and O–H groups in total. The first kappa shape index (κ1) is 25.8. The monoisotopic (exact) mass is 410 g/mol. The third-order valence-corrected chi connectivity index (χ3v) is 14.0. The summed E-state index contributed by atoms with van der Waals surface area (Å²) in [7, 11) is -4.29. The molecule has 0 aromatic carbocycles. The van der Waals surface area contributed by atoms with Crippen molar-refractivity contribution in [2.24, 2.45) is 0 Å². The van der Waals surface area contributed by atoms with E-state index in [0.29, 0.717) is 26.2 Å². The van der Waals surface area contributed by atoms with Crippen molar-refractivity contribution in [3.63, 3.8) is 0 Å². The lowest BCUT2D eigenvalue weighted by Gasteiger charge is -2.35. The molecule has 0 fully saturated rings. The topological polar surface area (TPSA) is 66.0 Å². The minimum absolute atomic E-state index is 0.0534. The van der Waals surface area contributed by atoms with Gasteiger partial charge in [0.2, 0.25) is 5.85 Å². The SMILES string of the molecule is CCO[Si](OCC)(OCC)C(CC)NC(=O)OC(C)[P+](CC)(CC)CC. The fraction of sp³-hybridized carbons (Fsp3) is 0.944. The van der Waals surface area contributed by atoms with Gasteiger partial charge in [0.15, 0.2) is 0 Å². The van der Waals surface area contributed by atoms with Crippen molar-refractivity contribution in [3.05, 3.63) is 0 Å². The lowest BCUT2D eigenvalue weighted by Crippen LogP contribution is -2.63. The summed E-state index contributed by atoms with van der Waals surface area (Å²) in [5.74, 6) is -0.0534. The molecule has 0 bridgehead atoms. The summed E-state index contributed by atoms with van der Waals surface area (Å²) < 4.78 is 23.6. The molecule has 2 unspecified atom stereocenters. The molecule has 0 saturated carbocycles. The van der Waals surface area contributed by atoms with Gasteiger partial charge >= 0.3 is 14.9 Å². The van der Waals surface area contributed by atoms with Gasteiger partial charge in [-0.25, -0.2) is 4.79 Å². The van der Waals surface area contributed by atoms with Crippen molar-refractivity contribution in [1.29, 1.82) is 0 Å². The number of hydrogen-bond donors (Lipinski definition) is 1. The van der Waals surface area contributed by atoms with E-state index < -0.39 is 22.2 Å². The van der Waals surface area contributed by atoms with E-state index in [0.717, 1.165) is 18.5 Å². The molecule has 0 aromatic rings. The predicted octanol–water partition coefficient (Wildman–Crippen LogP) is 4.50. The van der Waals surface area contributed by atoms with E-state index >= 15 is 0 Å². The lowest BCUT2D eigenvalue weighted by atomic mass is 10.5. The van der Waals surface area contributed by atoms with E-state index in [2.05, 4.69) is 26.1 Å². The molecule has 26 heavy (non-hydrogen) atoms. The Kier molecular flexibility index (Phi) is 13.0. The van der Waals surface area contributed by atoms with Crippen molar-refractivity contribution in [2.45, 2.75) is 73.3 Å². The second-order valence-corrected chi connectivity index (χ2v) is 14.0. The largest absolute Gasteiger partial charge is 0.524 e. The smallest absolute Gasteiger partial charge is 0.412 e. The van der Waals surface area contributed by atoms with Gasteiger partial charge < -0.3 is 23.3 Å². The van der Waals surface area contributed by atoms with Crippen LogP contribution in [0.5, 0.6) is 0 Å². The van der Waals surface area contributed by atoms with Crippen LogP contribution >= 0.6 is 7.26 Å². The Morgan fingerprint density at radius 2 is 1.31 bits per heavy atom. The van der Waals surface area contributed by atoms with Crippen LogP contribution in [0, 0.1) is 0 Å². The van der Waals surface area contributed by atoms with Crippen LogP contribution in [0.4, 0.5) is 4.79 Å². The highest BCUT2D eigenvalue weighted by Gasteiger charge is 2.50. The molecule has 0 aromatic heterocycles. The van der Waals surface area contributed by atoms with Gasteiger partial charge in [-0.15, -0.1) is 0 Å². The van der Waals surface area contributed by atoms with E-state index in [-0.39, 0.29) is 11.5 Å². The first-order chi connectivity index (χ1) is 12.3. The van der Waals surface area contributed by atoms with Gasteiger partial charge in [-0.2, -0.15) is 0 Å². The summed E-state index contributed by atoms with van der Waals surface area (Å²) in [5, 5.41) is 2.98. The molecule has 1 amide bonds. The molecular formula is C18H41NO5PSi+. The van der Waals surface area contributed by atoms with Gasteiger partial charge in [0, 0.05) is 26.7 Å². The van der Waals surface area contributed by atoms with Crippen molar-refractivity contribution < 1.29 is 22.8 Å². The summed E-state index contributed by atoms with van der Waals surface area (Å²) in [4.78, 5) is 12.6. The minimum Gasteiger partial charge on any atom is -0.412 e. The number of hydrogen-bond acceptors (Lipinski definition) is 5. The quantitative estimate of drug-likeness (QED) is 0.337. The maximum Gasteiger partial charge on any atom is 0.524 e. The van der Waals surface area contributed by atoms with Crippen molar-refractivity contribution in [3.8, 4) is 0 Å². The highest BCUT2D eigenvalue weighted by atomic mass is 31.2. The Labute approximate surface area is 162 Å². The third kappa shape index (κ3) is 6.75. The van der Waals surface area contributed by atoms with E-state index in [1.165, 1.54) is 0 Å². The maximum atomic E-state index is 12.6. The predicted molar refractivity (Wildman–Crippen MR) is 112 cm³/mol. The van der Waals surface area contributed by atoms with Crippen LogP contribution in [0.2, 0.25) is 0 Å². The zero-order chi connectivity index (χ0) is 20.2. The second kappa shape index (κ2) is 13.1. The average Bonchev–Trinajstić information content (AvgIpc) is 2.62. The number of ether oxygens (including phenoxy) is 1. The highest BCUT2D eigenvalue weighted by molar-refractivity contribution is 7.76. The molecule has 0 aliphatic rings. The molecule has 8 heteroatoms. The summed E-state index contributed by atoms with van der Waals surface area (Å²) in [6.07, 6.45) is 3.51. The Morgan fingerprint density at radius 1 is 0.885 bits per heavy atom. The van der Waals surface area contributed by atoms with Crippen molar-refractivity contribution in [2.75, 3.05) is 38.3 Å². The van der Waals surface area contributed by atoms with E-state index in [1.807, 2.05) is 34.6 Å². The summed E-state index contributed by atoms with van der Waals surface area (Å²) >= 11 is 0. The van der Waals surface area contributed by atoms with Crippen LogP contribution in [0.3, 0.4) is 0 Å². The summed E-state index contributed by atoms with van der Waals surface area (Å²) in [5.41, 5.74) is -0.320. The van der Waals surface area contributed by atoms with Crippen LogP contribution in [0.25, 0.3) is 0 Å². The van der Waals surface area contributed by atoms with Gasteiger partial charge in [-0.05, 0) is 48.0 Å². The molecule has 0 aliphatic carbocycles. The normalized spacial score (nSPS) is 14.8. The zero-order valence-corrected chi connectivity index (χ0v) is 20.0. The van der Waals surface area contributed by atoms with E-state index in [1.54, 1.807) is 0 Å². The fourth-order valence-corrected chi connectivity index (χ4v) is 9.41. The van der Waals surface area contributed by atoms with Gasteiger partial charge in [-0.3, -0.25) is 0 Å². The van der Waals surface area contributed by atoms with Crippen molar-refractivity contribution >= 4 is 22.2 Å². The summed E-state index contributed by atoms with van der Waals surface area (Å²) in [6, 6.07) is 0. The van der Waals surface area contributed by atoms with Crippen LogP contribution in [0.15, 0.2) is 0 Å². The Bertz CT molecular complexity index is 370. The Hall–Kier alpha value is -0.203. The second-order valence-electron chi connectivity index (χ2n) is 6.18. The van der Waals surface area contributed by atoms with Crippen LogP contribution in [0.1, 0.15) is 61.8 Å². The van der Waals surface area contributed by atoms with Crippen LogP contribution < -0.4 is 5.32 Å². The van der Waals surface area contributed by atoms with Gasteiger partial charge in [-0.1, -0.05) is 6.92 Å². The van der Waals surface area contributed by atoms with Gasteiger partial charge in [0.25, 0.3) is 0 Å².